The molecule has 0 bridgehead atoms. The van der Waals surface area contributed by atoms with E-state index in [1.165, 1.54) is 25.5 Å². The third kappa shape index (κ3) is 4.19. The van der Waals surface area contributed by atoms with Crippen molar-refractivity contribution in [3.63, 3.8) is 0 Å². The lowest BCUT2D eigenvalue weighted by Gasteiger charge is -2.11. The van der Waals surface area contributed by atoms with Gasteiger partial charge in [0.15, 0.2) is 23.0 Å². The molecule has 0 N–H and O–H groups in total. The van der Waals surface area contributed by atoms with Crippen molar-refractivity contribution < 1.29 is 27.8 Å². The van der Waals surface area contributed by atoms with Crippen LogP contribution in [0.4, 0.5) is 4.39 Å². The molecule has 0 fully saturated rings. The van der Waals surface area contributed by atoms with E-state index in [1.807, 2.05) is 0 Å². The number of nitrogens with zero attached hydrogens (tertiary/aromatic N) is 1. The molecule has 0 saturated carbocycles. The van der Waals surface area contributed by atoms with Crippen LogP contribution in [-0.2, 0) is 16.1 Å². The van der Waals surface area contributed by atoms with Gasteiger partial charge in [-0.25, -0.2) is 14.2 Å². The SMILES string of the molecule is COc1cc(C=C2N=C(c3ccco3)OC2=O)ccc1OCc1cccc(F)c1. The molecule has 0 amide bonds. The number of cyclic esters (lactones) is 1. The third-order valence-corrected chi connectivity index (χ3v) is 4.13. The van der Waals surface area contributed by atoms with Crippen molar-refractivity contribution >= 4 is 17.9 Å². The van der Waals surface area contributed by atoms with Crippen molar-refractivity contribution in [3.05, 3.63) is 89.3 Å². The molecule has 1 aliphatic rings. The number of carbonyl (C=O) groups excluding carboxylic acids is 1. The molecular weight excluding hydrogens is 377 g/mol. The predicted octanol–water partition coefficient (Wildman–Crippen LogP) is 4.35. The van der Waals surface area contributed by atoms with Gasteiger partial charge in [-0.15, -0.1) is 0 Å². The summed E-state index contributed by atoms with van der Waals surface area (Å²) in [7, 11) is 1.51. The predicted molar refractivity (Wildman–Crippen MR) is 103 cm³/mol. The van der Waals surface area contributed by atoms with Crippen LogP contribution in [0.15, 0.2) is 76.0 Å². The van der Waals surface area contributed by atoms with Crippen LogP contribution in [0.25, 0.3) is 6.08 Å². The van der Waals surface area contributed by atoms with E-state index in [-0.39, 0.29) is 24.0 Å². The minimum Gasteiger partial charge on any atom is -0.493 e. The number of ether oxygens (including phenoxy) is 3. The quantitative estimate of drug-likeness (QED) is 0.460. The first-order valence-corrected chi connectivity index (χ1v) is 8.74. The van der Waals surface area contributed by atoms with Crippen LogP contribution >= 0.6 is 0 Å². The molecule has 7 heteroatoms. The molecule has 0 radical (unpaired) electrons. The molecule has 0 atom stereocenters. The smallest absolute Gasteiger partial charge is 0.363 e. The monoisotopic (exact) mass is 393 g/mol. The highest BCUT2D eigenvalue weighted by molar-refractivity contribution is 6.11. The summed E-state index contributed by atoms with van der Waals surface area (Å²) in [5.41, 5.74) is 1.52. The molecule has 1 aromatic heterocycles. The van der Waals surface area contributed by atoms with Gasteiger partial charge in [0.1, 0.15) is 12.4 Å². The van der Waals surface area contributed by atoms with Crippen LogP contribution in [-0.4, -0.2) is 19.0 Å². The summed E-state index contributed by atoms with van der Waals surface area (Å²) < 4.78 is 34.7. The molecule has 2 aromatic carbocycles. The van der Waals surface area contributed by atoms with Crippen LogP contribution in [0.3, 0.4) is 0 Å². The standard InChI is InChI=1S/C22H16FNO5/c1-26-20-12-14(7-8-18(20)28-13-15-4-2-5-16(23)10-15)11-17-22(25)29-21(24-17)19-6-3-9-27-19/h2-12H,13H2,1H3. The van der Waals surface area contributed by atoms with Crippen LogP contribution in [0.5, 0.6) is 11.5 Å². The maximum atomic E-state index is 13.3. The van der Waals surface area contributed by atoms with Crippen molar-refractivity contribution in [3.8, 4) is 11.5 Å². The van der Waals surface area contributed by atoms with Crippen molar-refractivity contribution in [1.82, 2.24) is 0 Å². The summed E-state index contributed by atoms with van der Waals surface area (Å²) >= 11 is 0. The lowest BCUT2D eigenvalue weighted by Crippen LogP contribution is -2.04. The highest BCUT2D eigenvalue weighted by atomic mass is 19.1. The Balaban J connectivity index is 1.53. The van der Waals surface area contributed by atoms with Crippen molar-refractivity contribution in [2.45, 2.75) is 6.61 Å². The zero-order chi connectivity index (χ0) is 20.2. The summed E-state index contributed by atoms with van der Waals surface area (Å²) in [6.07, 6.45) is 3.05. The lowest BCUT2D eigenvalue weighted by molar-refractivity contribution is -0.130. The number of benzene rings is 2. The first-order valence-electron chi connectivity index (χ1n) is 8.74. The summed E-state index contributed by atoms with van der Waals surface area (Å²) in [6, 6.07) is 14.7. The Morgan fingerprint density at radius 1 is 1.10 bits per heavy atom. The highest BCUT2D eigenvalue weighted by Gasteiger charge is 2.25. The lowest BCUT2D eigenvalue weighted by atomic mass is 10.1. The number of hydrogen-bond acceptors (Lipinski definition) is 6. The van der Waals surface area contributed by atoms with Gasteiger partial charge < -0.3 is 18.6 Å². The normalized spacial score (nSPS) is 14.6. The van der Waals surface area contributed by atoms with E-state index in [0.717, 1.165) is 0 Å². The Hall–Kier alpha value is -3.87. The number of furan rings is 1. The molecule has 0 saturated heterocycles. The number of methoxy groups -OCH3 is 1. The number of carbonyl (C=O) groups is 1. The molecule has 2 heterocycles. The fourth-order valence-electron chi connectivity index (χ4n) is 2.75. The maximum Gasteiger partial charge on any atom is 0.363 e. The Kier molecular flexibility index (Phi) is 5.11. The highest BCUT2D eigenvalue weighted by Crippen LogP contribution is 2.30. The molecule has 0 spiro atoms. The second-order valence-corrected chi connectivity index (χ2v) is 6.14. The van der Waals surface area contributed by atoms with E-state index >= 15 is 0 Å². The van der Waals surface area contributed by atoms with Gasteiger partial charge in [0.25, 0.3) is 5.90 Å². The Morgan fingerprint density at radius 2 is 2.00 bits per heavy atom. The maximum absolute atomic E-state index is 13.3. The fourth-order valence-corrected chi connectivity index (χ4v) is 2.75. The molecule has 6 nitrogen and oxygen atoms in total. The van der Waals surface area contributed by atoms with Gasteiger partial charge in [-0.3, -0.25) is 0 Å². The van der Waals surface area contributed by atoms with E-state index in [0.29, 0.717) is 28.4 Å². The number of halogens is 1. The van der Waals surface area contributed by atoms with Gasteiger partial charge in [-0.05, 0) is 53.6 Å². The Bertz CT molecular complexity index is 1100. The second kappa shape index (κ2) is 8.02. The van der Waals surface area contributed by atoms with Crippen LogP contribution in [0.1, 0.15) is 16.9 Å². The van der Waals surface area contributed by atoms with Gasteiger partial charge in [-0.2, -0.15) is 0 Å². The minimum atomic E-state index is -0.568. The summed E-state index contributed by atoms with van der Waals surface area (Å²) in [5, 5.41) is 0. The molecule has 0 aliphatic carbocycles. The van der Waals surface area contributed by atoms with E-state index in [9.17, 15) is 9.18 Å². The minimum absolute atomic E-state index is 0.119. The van der Waals surface area contributed by atoms with Gasteiger partial charge in [0, 0.05) is 0 Å². The Labute approximate surface area is 165 Å². The topological polar surface area (TPSA) is 70.3 Å². The zero-order valence-corrected chi connectivity index (χ0v) is 15.4. The van der Waals surface area contributed by atoms with E-state index in [4.69, 9.17) is 18.6 Å². The van der Waals surface area contributed by atoms with Crippen LogP contribution in [0, 0.1) is 5.82 Å². The first-order chi connectivity index (χ1) is 14.1. The van der Waals surface area contributed by atoms with Crippen molar-refractivity contribution in [1.29, 1.82) is 0 Å². The van der Waals surface area contributed by atoms with Gasteiger partial charge in [-0.1, -0.05) is 18.2 Å². The van der Waals surface area contributed by atoms with Crippen molar-refractivity contribution in [2.75, 3.05) is 7.11 Å². The molecule has 1 aliphatic heterocycles. The number of rotatable bonds is 6. The Morgan fingerprint density at radius 3 is 2.76 bits per heavy atom. The van der Waals surface area contributed by atoms with E-state index in [1.54, 1.807) is 48.5 Å². The van der Waals surface area contributed by atoms with E-state index < -0.39 is 5.97 Å². The molecule has 29 heavy (non-hydrogen) atoms. The van der Waals surface area contributed by atoms with Crippen molar-refractivity contribution in [2.24, 2.45) is 4.99 Å². The second-order valence-electron chi connectivity index (χ2n) is 6.14. The number of esters is 1. The summed E-state index contributed by atoms with van der Waals surface area (Å²) in [4.78, 5) is 16.2. The van der Waals surface area contributed by atoms with Gasteiger partial charge >= 0.3 is 5.97 Å². The number of hydrogen-bond donors (Lipinski definition) is 0. The fraction of sp³-hybridized carbons (Fsp3) is 0.0909. The molecule has 4 rings (SSSR count). The zero-order valence-electron chi connectivity index (χ0n) is 15.4. The average Bonchev–Trinajstić information content (AvgIpc) is 3.37. The average molecular weight is 393 g/mol. The largest absolute Gasteiger partial charge is 0.493 e. The molecular formula is C22H16FNO5. The van der Waals surface area contributed by atoms with Gasteiger partial charge in [0.2, 0.25) is 0 Å². The molecule has 0 unspecified atom stereocenters. The van der Waals surface area contributed by atoms with Crippen LogP contribution in [0.2, 0.25) is 0 Å². The third-order valence-electron chi connectivity index (χ3n) is 4.13. The summed E-state index contributed by atoms with van der Waals surface area (Å²) in [6.45, 7) is 0.192. The first kappa shape index (κ1) is 18.5. The molecule has 3 aromatic rings. The van der Waals surface area contributed by atoms with Crippen LogP contribution < -0.4 is 9.47 Å². The molecule has 146 valence electrons. The van der Waals surface area contributed by atoms with Gasteiger partial charge in [0.05, 0.1) is 13.4 Å². The summed E-state index contributed by atoms with van der Waals surface area (Å²) in [5.74, 6) is 0.568. The van der Waals surface area contributed by atoms with E-state index in [2.05, 4.69) is 4.99 Å². The number of aliphatic imine (C=N–C) groups is 1.